The number of carbonyl (C=O) groups is 1. The molecule has 0 unspecified atom stereocenters. The monoisotopic (exact) mass is 387 g/mol. The van der Waals surface area contributed by atoms with Crippen LogP contribution < -0.4 is 16.2 Å². The van der Waals surface area contributed by atoms with E-state index in [2.05, 4.69) is 30.7 Å². The third-order valence-electron chi connectivity index (χ3n) is 3.76. The van der Waals surface area contributed by atoms with E-state index in [1.807, 2.05) is 20.1 Å². The molecule has 3 rings (SSSR count). The number of nitrogens with zero attached hydrogens (tertiary/aromatic N) is 4. The Morgan fingerprint density at radius 2 is 2.19 bits per heavy atom. The highest BCUT2D eigenvalue weighted by atomic mass is 32.2. The molecule has 0 aromatic carbocycles. The standard InChI is InChI=1S/C17H21N7O2S/c1-10(2)21-13-12-9-20-24(14(12)23-17(22-13)27-3)8-7-19-16(26)11-5-4-6-18-15(11)25/h4-6,9-10H,7-8H2,1-3H3,(H,18,25)(H,19,26)(H,21,22,23). The number of thioether (sulfide) groups is 1. The Morgan fingerprint density at radius 1 is 1.37 bits per heavy atom. The van der Waals surface area contributed by atoms with Crippen LogP contribution in [0.3, 0.4) is 0 Å². The highest BCUT2D eigenvalue weighted by molar-refractivity contribution is 7.98. The number of nitrogens with one attached hydrogen (secondary N) is 3. The van der Waals surface area contributed by atoms with E-state index in [4.69, 9.17) is 0 Å². The summed E-state index contributed by atoms with van der Waals surface area (Å²) < 4.78 is 1.72. The van der Waals surface area contributed by atoms with Gasteiger partial charge in [-0.05, 0) is 32.2 Å². The topological polar surface area (TPSA) is 118 Å². The van der Waals surface area contributed by atoms with E-state index >= 15 is 0 Å². The molecule has 3 aromatic rings. The molecule has 0 saturated carbocycles. The lowest BCUT2D eigenvalue weighted by molar-refractivity contribution is 0.0950. The van der Waals surface area contributed by atoms with Crippen LogP contribution in [0.2, 0.25) is 0 Å². The smallest absolute Gasteiger partial charge is 0.260 e. The summed E-state index contributed by atoms with van der Waals surface area (Å²) in [4.78, 5) is 35.3. The molecule has 10 heteroatoms. The molecule has 3 aromatic heterocycles. The van der Waals surface area contributed by atoms with Gasteiger partial charge in [0.15, 0.2) is 10.8 Å². The van der Waals surface area contributed by atoms with Crippen molar-refractivity contribution in [1.82, 2.24) is 30.0 Å². The fourth-order valence-corrected chi connectivity index (χ4v) is 2.90. The van der Waals surface area contributed by atoms with Gasteiger partial charge in [-0.2, -0.15) is 5.10 Å². The maximum Gasteiger partial charge on any atom is 0.260 e. The second-order valence-corrected chi connectivity index (χ2v) is 6.91. The average molecular weight is 387 g/mol. The van der Waals surface area contributed by atoms with Crippen LogP contribution in [-0.4, -0.2) is 49.5 Å². The van der Waals surface area contributed by atoms with Crippen LogP contribution in [0, 0.1) is 0 Å². The first-order valence-electron chi connectivity index (χ1n) is 8.49. The Bertz CT molecular complexity index is 1010. The summed E-state index contributed by atoms with van der Waals surface area (Å²) in [5.41, 5.74) is 0.365. The normalized spacial score (nSPS) is 11.1. The number of fused-ring (bicyclic) bond motifs is 1. The van der Waals surface area contributed by atoms with Crippen molar-refractivity contribution < 1.29 is 4.79 Å². The van der Waals surface area contributed by atoms with E-state index in [-0.39, 0.29) is 11.6 Å². The Balaban J connectivity index is 1.76. The fourth-order valence-electron chi connectivity index (χ4n) is 2.54. The van der Waals surface area contributed by atoms with Gasteiger partial charge in [0.2, 0.25) is 0 Å². The maximum absolute atomic E-state index is 12.1. The minimum absolute atomic E-state index is 0.0817. The Kier molecular flexibility index (Phi) is 5.75. The molecule has 0 aliphatic carbocycles. The second kappa shape index (κ2) is 8.21. The first kappa shape index (κ1) is 18.9. The van der Waals surface area contributed by atoms with Gasteiger partial charge in [0.05, 0.1) is 18.1 Å². The number of hydrogen-bond acceptors (Lipinski definition) is 7. The molecule has 0 aliphatic heterocycles. The summed E-state index contributed by atoms with van der Waals surface area (Å²) in [6.07, 6.45) is 5.12. The second-order valence-electron chi connectivity index (χ2n) is 6.13. The van der Waals surface area contributed by atoms with Crippen LogP contribution in [0.25, 0.3) is 11.0 Å². The summed E-state index contributed by atoms with van der Waals surface area (Å²) >= 11 is 1.45. The first-order valence-corrected chi connectivity index (χ1v) is 9.72. The van der Waals surface area contributed by atoms with Gasteiger partial charge in [0.25, 0.3) is 11.5 Å². The molecule has 0 spiro atoms. The zero-order valence-electron chi connectivity index (χ0n) is 15.3. The van der Waals surface area contributed by atoms with E-state index in [9.17, 15) is 9.59 Å². The van der Waals surface area contributed by atoms with Gasteiger partial charge in [0, 0.05) is 18.8 Å². The van der Waals surface area contributed by atoms with Crippen molar-refractivity contribution in [2.24, 2.45) is 0 Å². The van der Waals surface area contributed by atoms with Gasteiger partial charge in [0.1, 0.15) is 11.4 Å². The summed E-state index contributed by atoms with van der Waals surface area (Å²) in [5, 5.41) is 11.9. The van der Waals surface area contributed by atoms with Crippen molar-refractivity contribution in [1.29, 1.82) is 0 Å². The van der Waals surface area contributed by atoms with E-state index in [0.717, 1.165) is 11.2 Å². The van der Waals surface area contributed by atoms with Gasteiger partial charge in [-0.1, -0.05) is 11.8 Å². The molecule has 3 heterocycles. The molecular weight excluding hydrogens is 366 g/mol. The van der Waals surface area contributed by atoms with Gasteiger partial charge in [-0.25, -0.2) is 14.6 Å². The van der Waals surface area contributed by atoms with Gasteiger partial charge >= 0.3 is 0 Å². The SMILES string of the molecule is CSc1nc(NC(C)C)c2cnn(CCNC(=O)c3ccc[nH]c3=O)c2n1. The van der Waals surface area contributed by atoms with Crippen LogP contribution in [-0.2, 0) is 6.54 Å². The fraction of sp³-hybridized carbons (Fsp3) is 0.353. The Labute approximate surface area is 160 Å². The number of H-pyrrole nitrogens is 1. The zero-order chi connectivity index (χ0) is 19.4. The van der Waals surface area contributed by atoms with Crippen molar-refractivity contribution in [3.05, 3.63) is 40.4 Å². The molecule has 0 saturated heterocycles. The molecule has 9 nitrogen and oxygen atoms in total. The number of pyridine rings is 1. The molecular formula is C17H21N7O2S. The van der Waals surface area contributed by atoms with Crippen molar-refractivity contribution in [3.63, 3.8) is 0 Å². The summed E-state index contributed by atoms with van der Waals surface area (Å²) in [7, 11) is 0. The lowest BCUT2D eigenvalue weighted by Gasteiger charge is -2.11. The Morgan fingerprint density at radius 3 is 2.89 bits per heavy atom. The van der Waals surface area contributed by atoms with Crippen molar-refractivity contribution in [2.75, 3.05) is 18.1 Å². The highest BCUT2D eigenvalue weighted by Gasteiger charge is 2.14. The van der Waals surface area contributed by atoms with Crippen LogP contribution in [0.5, 0.6) is 0 Å². The number of amides is 1. The third kappa shape index (κ3) is 4.27. The van der Waals surface area contributed by atoms with Crippen LogP contribution in [0.1, 0.15) is 24.2 Å². The van der Waals surface area contributed by atoms with Crippen molar-refractivity contribution in [2.45, 2.75) is 31.6 Å². The van der Waals surface area contributed by atoms with Crippen LogP contribution in [0.15, 0.2) is 34.5 Å². The molecule has 1 amide bonds. The number of hydrogen-bond donors (Lipinski definition) is 3. The third-order valence-corrected chi connectivity index (χ3v) is 4.30. The van der Waals surface area contributed by atoms with E-state index in [1.54, 1.807) is 16.9 Å². The lowest BCUT2D eigenvalue weighted by atomic mass is 10.2. The van der Waals surface area contributed by atoms with Crippen LogP contribution >= 0.6 is 11.8 Å². The number of carbonyl (C=O) groups excluding carboxylic acids is 1. The molecule has 27 heavy (non-hydrogen) atoms. The molecule has 3 N–H and O–H groups in total. The molecule has 0 aliphatic rings. The summed E-state index contributed by atoms with van der Waals surface area (Å²) in [6, 6.07) is 3.32. The van der Waals surface area contributed by atoms with Gasteiger partial charge in [-0.15, -0.1) is 0 Å². The lowest BCUT2D eigenvalue weighted by Crippen LogP contribution is -2.31. The number of aromatic amines is 1. The van der Waals surface area contributed by atoms with Crippen LogP contribution in [0.4, 0.5) is 5.82 Å². The number of aromatic nitrogens is 5. The molecule has 142 valence electrons. The Hall–Kier alpha value is -2.88. The van der Waals surface area contributed by atoms with Crippen molar-refractivity contribution in [3.8, 4) is 0 Å². The van der Waals surface area contributed by atoms with Crippen molar-refractivity contribution >= 4 is 34.5 Å². The minimum Gasteiger partial charge on any atom is -0.367 e. The minimum atomic E-state index is -0.421. The quantitative estimate of drug-likeness (QED) is 0.415. The molecule has 0 fully saturated rings. The highest BCUT2D eigenvalue weighted by Crippen LogP contribution is 2.23. The summed E-state index contributed by atoms with van der Waals surface area (Å²) in [6.45, 7) is 4.82. The molecule has 0 atom stereocenters. The number of rotatable bonds is 7. The van der Waals surface area contributed by atoms with Gasteiger partial charge in [-0.3, -0.25) is 9.59 Å². The van der Waals surface area contributed by atoms with E-state index < -0.39 is 11.5 Å². The molecule has 0 bridgehead atoms. The van der Waals surface area contributed by atoms with Gasteiger partial charge < -0.3 is 15.6 Å². The van der Waals surface area contributed by atoms with E-state index in [0.29, 0.717) is 23.9 Å². The maximum atomic E-state index is 12.1. The zero-order valence-corrected chi connectivity index (χ0v) is 16.1. The summed E-state index contributed by atoms with van der Waals surface area (Å²) in [5.74, 6) is 0.320. The number of anilines is 1. The van der Waals surface area contributed by atoms with E-state index in [1.165, 1.54) is 24.0 Å². The average Bonchev–Trinajstić information content (AvgIpc) is 3.04. The largest absolute Gasteiger partial charge is 0.367 e. The predicted octanol–water partition coefficient (Wildman–Crippen LogP) is 1.49. The first-order chi connectivity index (χ1) is 13.0. The molecule has 0 radical (unpaired) electrons. The predicted molar refractivity (Wildman–Crippen MR) is 105 cm³/mol.